The second-order valence-corrected chi connectivity index (χ2v) is 8.13. The first-order chi connectivity index (χ1) is 15.6. The van der Waals surface area contributed by atoms with Gasteiger partial charge in [0, 0.05) is 6.42 Å². The summed E-state index contributed by atoms with van der Waals surface area (Å²) in [5.41, 5.74) is 0.131. The van der Waals surface area contributed by atoms with Crippen LogP contribution in [0.2, 0.25) is 0 Å². The van der Waals surface area contributed by atoms with Crippen molar-refractivity contribution in [2.45, 2.75) is 96.8 Å². The lowest BCUT2D eigenvalue weighted by molar-refractivity contribution is -0.138. The molecular formula is C27H40O5. The molecule has 0 aromatic heterocycles. The minimum Gasteiger partial charge on any atom is -0.465 e. The van der Waals surface area contributed by atoms with E-state index in [4.69, 9.17) is 4.74 Å². The molecule has 1 aromatic carbocycles. The smallest absolute Gasteiger partial charge is 0.346 e. The predicted molar refractivity (Wildman–Crippen MR) is 128 cm³/mol. The van der Waals surface area contributed by atoms with Crippen LogP contribution in [0.4, 0.5) is 0 Å². The first kappa shape index (κ1) is 27.6. The summed E-state index contributed by atoms with van der Waals surface area (Å²) in [6.45, 7) is 2.25. The third-order valence-corrected chi connectivity index (χ3v) is 5.40. The molecule has 0 aliphatic carbocycles. The van der Waals surface area contributed by atoms with Crippen molar-refractivity contribution in [2.24, 2.45) is 0 Å². The molecule has 0 aliphatic rings. The zero-order valence-electron chi connectivity index (χ0n) is 19.9. The Morgan fingerprint density at radius 1 is 0.719 bits per heavy atom. The van der Waals surface area contributed by atoms with Crippen LogP contribution in [-0.2, 0) is 14.3 Å². The highest BCUT2D eigenvalue weighted by Gasteiger charge is 2.20. The molecule has 0 bridgehead atoms. The van der Waals surface area contributed by atoms with Gasteiger partial charge in [0.25, 0.3) is 0 Å². The first-order valence-electron chi connectivity index (χ1n) is 12.2. The van der Waals surface area contributed by atoms with Gasteiger partial charge < -0.3 is 9.47 Å². The summed E-state index contributed by atoms with van der Waals surface area (Å²) in [7, 11) is 1.24. The van der Waals surface area contributed by atoms with Gasteiger partial charge in [0.05, 0.1) is 18.2 Å². The molecule has 5 heteroatoms. The van der Waals surface area contributed by atoms with Gasteiger partial charge in [0.15, 0.2) is 0 Å². The highest BCUT2D eigenvalue weighted by molar-refractivity contribution is 6.05. The fourth-order valence-corrected chi connectivity index (χ4v) is 3.50. The summed E-state index contributed by atoms with van der Waals surface area (Å²) in [4.78, 5) is 35.9. The molecule has 178 valence electrons. The maximum atomic E-state index is 12.2. The number of hydrogen-bond donors (Lipinski definition) is 0. The molecule has 0 unspecified atom stereocenters. The summed E-state index contributed by atoms with van der Waals surface area (Å²) >= 11 is 0. The molecule has 0 saturated heterocycles. The van der Waals surface area contributed by atoms with E-state index >= 15 is 0 Å². The SMILES string of the molecule is CCCCCCCCC=CCCCCCCCC(=O)OC(=O)c1ccccc1C(=O)OC. The summed E-state index contributed by atoms with van der Waals surface area (Å²) in [5.74, 6) is -2.02. The molecule has 0 atom stereocenters. The van der Waals surface area contributed by atoms with Crippen molar-refractivity contribution in [3.8, 4) is 0 Å². The molecule has 0 saturated carbocycles. The lowest BCUT2D eigenvalue weighted by atomic mass is 10.1. The number of allylic oxidation sites excluding steroid dienone is 2. The number of methoxy groups -OCH3 is 1. The normalized spacial score (nSPS) is 10.9. The van der Waals surface area contributed by atoms with Gasteiger partial charge in [-0.3, -0.25) is 4.79 Å². The van der Waals surface area contributed by atoms with Gasteiger partial charge in [-0.2, -0.15) is 0 Å². The molecule has 0 radical (unpaired) electrons. The zero-order valence-corrected chi connectivity index (χ0v) is 19.9. The van der Waals surface area contributed by atoms with Crippen molar-refractivity contribution >= 4 is 17.9 Å². The zero-order chi connectivity index (χ0) is 23.4. The summed E-state index contributed by atoms with van der Waals surface area (Å²) in [5, 5.41) is 0. The number of rotatable bonds is 17. The van der Waals surface area contributed by atoms with Crippen LogP contribution in [0.5, 0.6) is 0 Å². The minimum atomic E-state index is -0.816. The number of ether oxygens (including phenoxy) is 2. The molecule has 5 nitrogen and oxygen atoms in total. The predicted octanol–water partition coefficient (Wildman–Crippen LogP) is 7.19. The Kier molecular flexibility index (Phi) is 15.7. The molecule has 0 N–H and O–H groups in total. The molecule has 0 amide bonds. The van der Waals surface area contributed by atoms with Crippen LogP contribution in [0.1, 0.15) is 118 Å². The Balaban J connectivity index is 2.07. The average molecular weight is 445 g/mol. The Morgan fingerprint density at radius 3 is 1.78 bits per heavy atom. The molecule has 0 heterocycles. The topological polar surface area (TPSA) is 69.7 Å². The Bertz CT molecular complexity index is 708. The summed E-state index contributed by atoms with van der Waals surface area (Å²) in [6, 6.07) is 6.15. The van der Waals surface area contributed by atoms with Gasteiger partial charge in [-0.15, -0.1) is 0 Å². The fraction of sp³-hybridized carbons (Fsp3) is 0.593. The Morgan fingerprint density at radius 2 is 1.22 bits per heavy atom. The maximum Gasteiger partial charge on any atom is 0.346 e. The van der Waals surface area contributed by atoms with E-state index in [-0.39, 0.29) is 17.5 Å². The largest absolute Gasteiger partial charge is 0.465 e. The van der Waals surface area contributed by atoms with E-state index in [1.54, 1.807) is 12.1 Å². The Labute approximate surface area is 193 Å². The maximum absolute atomic E-state index is 12.2. The molecule has 32 heavy (non-hydrogen) atoms. The van der Waals surface area contributed by atoms with E-state index < -0.39 is 17.9 Å². The van der Waals surface area contributed by atoms with Gasteiger partial charge in [0.2, 0.25) is 0 Å². The summed E-state index contributed by atoms with van der Waals surface area (Å²) < 4.78 is 9.55. The van der Waals surface area contributed by atoms with E-state index in [0.717, 1.165) is 25.7 Å². The van der Waals surface area contributed by atoms with E-state index in [0.29, 0.717) is 6.42 Å². The van der Waals surface area contributed by atoms with E-state index in [2.05, 4.69) is 23.8 Å². The number of carbonyl (C=O) groups is 3. The Hall–Kier alpha value is -2.43. The van der Waals surface area contributed by atoms with Crippen molar-refractivity contribution in [1.82, 2.24) is 0 Å². The van der Waals surface area contributed by atoms with Crippen molar-refractivity contribution in [3.63, 3.8) is 0 Å². The van der Waals surface area contributed by atoms with Crippen LogP contribution in [0, 0.1) is 0 Å². The fourth-order valence-electron chi connectivity index (χ4n) is 3.50. The van der Waals surface area contributed by atoms with Crippen molar-refractivity contribution in [1.29, 1.82) is 0 Å². The van der Waals surface area contributed by atoms with Crippen LogP contribution >= 0.6 is 0 Å². The van der Waals surface area contributed by atoms with Gasteiger partial charge in [-0.05, 0) is 44.2 Å². The molecule has 0 aliphatic heterocycles. The highest BCUT2D eigenvalue weighted by Crippen LogP contribution is 2.14. The van der Waals surface area contributed by atoms with E-state index in [1.165, 1.54) is 70.6 Å². The molecule has 1 rings (SSSR count). The number of carbonyl (C=O) groups excluding carboxylic acids is 3. The molecule has 1 aromatic rings. The first-order valence-corrected chi connectivity index (χ1v) is 12.2. The van der Waals surface area contributed by atoms with E-state index in [9.17, 15) is 14.4 Å². The van der Waals surface area contributed by atoms with Crippen LogP contribution in [0.15, 0.2) is 36.4 Å². The number of esters is 3. The van der Waals surface area contributed by atoms with Crippen LogP contribution in [-0.4, -0.2) is 25.0 Å². The number of hydrogen-bond acceptors (Lipinski definition) is 5. The van der Waals surface area contributed by atoms with Crippen molar-refractivity contribution in [2.75, 3.05) is 7.11 Å². The monoisotopic (exact) mass is 444 g/mol. The number of benzene rings is 1. The lowest BCUT2D eigenvalue weighted by Gasteiger charge is -2.07. The highest BCUT2D eigenvalue weighted by atomic mass is 16.6. The van der Waals surface area contributed by atoms with Gasteiger partial charge in [-0.1, -0.05) is 82.6 Å². The van der Waals surface area contributed by atoms with Crippen LogP contribution < -0.4 is 0 Å². The van der Waals surface area contributed by atoms with E-state index in [1.807, 2.05) is 0 Å². The summed E-state index contributed by atoms with van der Waals surface area (Å²) in [6.07, 6.45) is 20.2. The second kappa shape index (κ2) is 18.2. The van der Waals surface area contributed by atoms with Crippen molar-refractivity contribution < 1.29 is 23.9 Å². The average Bonchev–Trinajstić information content (AvgIpc) is 2.81. The lowest BCUT2D eigenvalue weighted by Crippen LogP contribution is -2.16. The molecular weight excluding hydrogens is 404 g/mol. The third kappa shape index (κ3) is 12.4. The minimum absolute atomic E-state index is 0.0391. The van der Waals surface area contributed by atoms with Crippen LogP contribution in [0.25, 0.3) is 0 Å². The second-order valence-electron chi connectivity index (χ2n) is 8.13. The van der Waals surface area contributed by atoms with Gasteiger partial charge in [0.1, 0.15) is 0 Å². The third-order valence-electron chi connectivity index (χ3n) is 5.40. The number of unbranched alkanes of at least 4 members (excludes halogenated alkanes) is 11. The van der Waals surface area contributed by atoms with Gasteiger partial charge >= 0.3 is 17.9 Å². The molecule has 0 spiro atoms. The van der Waals surface area contributed by atoms with Crippen LogP contribution in [0.3, 0.4) is 0 Å². The van der Waals surface area contributed by atoms with Gasteiger partial charge in [-0.25, -0.2) is 9.59 Å². The standard InChI is InChI=1S/C27H40O5/c1-3-4-5-6-7-8-9-10-11-12-13-14-15-16-17-22-25(28)32-27(30)24-21-19-18-20-23(24)26(29)31-2/h10-11,18-21H,3-9,12-17,22H2,1-2H3. The van der Waals surface area contributed by atoms with Crippen molar-refractivity contribution in [3.05, 3.63) is 47.5 Å². The molecule has 0 fully saturated rings. The quantitative estimate of drug-likeness (QED) is 0.110.